The molecule has 0 saturated heterocycles. The van der Waals surface area contributed by atoms with E-state index in [0.29, 0.717) is 5.88 Å². The van der Waals surface area contributed by atoms with Crippen molar-refractivity contribution in [1.82, 2.24) is 0 Å². The fourth-order valence-corrected chi connectivity index (χ4v) is 1.44. The number of nitrogens with one attached hydrogen (secondary N) is 1. The predicted octanol–water partition coefficient (Wildman–Crippen LogP) is 3.26. The van der Waals surface area contributed by atoms with Crippen LogP contribution in [-0.4, -0.2) is 11.8 Å². The zero-order chi connectivity index (χ0) is 10.6. The van der Waals surface area contributed by atoms with Crippen LogP contribution in [0.1, 0.15) is 6.92 Å². The smallest absolute Gasteiger partial charge is 0.228 e. The average Bonchev–Trinajstić information content (AvgIpc) is 2.16. The monoisotopic (exact) mass is 275 g/mol. The van der Waals surface area contributed by atoms with Crippen molar-refractivity contribution >= 4 is 39.1 Å². The highest BCUT2D eigenvalue weighted by Gasteiger charge is 2.11. The van der Waals surface area contributed by atoms with Gasteiger partial charge in [0.15, 0.2) is 0 Å². The average molecular weight is 277 g/mol. The van der Waals surface area contributed by atoms with Crippen LogP contribution in [0.2, 0.25) is 0 Å². The highest BCUT2D eigenvalue weighted by molar-refractivity contribution is 9.10. The van der Waals surface area contributed by atoms with Crippen LogP contribution >= 0.6 is 27.5 Å². The summed E-state index contributed by atoms with van der Waals surface area (Å²) in [7, 11) is 0. The summed E-state index contributed by atoms with van der Waals surface area (Å²) in [5.74, 6) is 0.105. The van der Waals surface area contributed by atoms with Gasteiger partial charge in [-0.3, -0.25) is 4.79 Å². The third kappa shape index (κ3) is 3.31. The number of rotatable bonds is 3. The van der Waals surface area contributed by atoms with Gasteiger partial charge < -0.3 is 5.32 Å². The molecule has 2 nitrogen and oxygen atoms in total. The molecule has 1 rings (SSSR count). The van der Waals surface area contributed by atoms with Crippen LogP contribution in [-0.2, 0) is 4.79 Å². The number of hydrogen-bond donors (Lipinski definition) is 1. The van der Waals surface area contributed by atoms with Crippen LogP contribution in [0.4, 0.5) is 5.69 Å². The van der Waals surface area contributed by atoms with E-state index in [1.54, 1.807) is 6.92 Å². The summed E-state index contributed by atoms with van der Waals surface area (Å²) in [6.45, 7) is 1.79. The topological polar surface area (TPSA) is 29.1 Å². The van der Waals surface area contributed by atoms with E-state index < -0.39 is 0 Å². The molecule has 0 saturated carbocycles. The minimum atomic E-state index is -0.171. The van der Waals surface area contributed by atoms with E-state index in [0.717, 1.165) is 10.2 Å². The third-order valence-electron chi connectivity index (χ3n) is 1.77. The second-order valence-electron chi connectivity index (χ2n) is 3.05. The van der Waals surface area contributed by atoms with Crippen molar-refractivity contribution in [2.45, 2.75) is 6.92 Å². The maximum atomic E-state index is 11.4. The number of amides is 1. The lowest BCUT2D eigenvalue weighted by Crippen LogP contribution is -2.21. The summed E-state index contributed by atoms with van der Waals surface area (Å²) < 4.78 is 0.939. The molecule has 0 aliphatic heterocycles. The maximum Gasteiger partial charge on any atom is 0.228 e. The first-order chi connectivity index (χ1) is 6.63. The number of halogens is 2. The van der Waals surface area contributed by atoms with E-state index in [1.165, 1.54) is 0 Å². The van der Waals surface area contributed by atoms with Crippen molar-refractivity contribution in [2.24, 2.45) is 5.92 Å². The Hall–Kier alpha value is -0.540. The lowest BCUT2D eigenvalue weighted by atomic mass is 10.2. The number of carbonyl (C=O) groups excluding carboxylic acids is 1. The number of alkyl halides is 1. The van der Waals surface area contributed by atoms with Crippen molar-refractivity contribution < 1.29 is 4.79 Å². The Morgan fingerprint density at radius 3 is 2.93 bits per heavy atom. The number of carbonyl (C=O) groups is 1. The van der Waals surface area contributed by atoms with Crippen molar-refractivity contribution in [1.29, 1.82) is 0 Å². The first kappa shape index (κ1) is 11.5. The lowest BCUT2D eigenvalue weighted by molar-refractivity contribution is -0.118. The second-order valence-corrected chi connectivity index (χ2v) is 4.28. The van der Waals surface area contributed by atoms with Crippen LogP contribution < -0.4 is 5.32 Å². The van der Waals surface area contributed by atoms with Gasteiger partial charge in [-0.15, -0.1) is 11.6 Å². The van der Waals surface area contributed by atoms with Gasteiger partial charge in [0.25, 0.3) is 0 Å². The summed E-state index contributed by atoms with van der Waals surface area (Å²) in [4.78, 5) is 11.4. The predicted molar refractivity (Wildman–Crippen MR) is 62.7 cm³/mol. The molecule has 0 aliphatic carbocycles. The molecule has 0 spiro atoms. The Bertz CT molecular complexity index is 330. The van der Waals surface area contributed by atoms with Crippen LogP contribution in [0.3, 0.4) is 0 Å². The van der Waals surface area contributed by atoms with Crippen LogP contribution in [0.15, 0.2) is 28.7 Å². The molecule has 1 amide bonds. The highest BCUT2D eigenvalue weighted by atomic mass is 79.9. The highest BCUT2D eigenvalue weighted by Crippen LogP contribution is 2.16. The van der Waals surface area contributed by atoms with E-state index in [-0.39, 0.29) is 11.8 Å². The van der Waals surface area contributed by atoms with Gasteiger partial charge in [0.05, 0.1) is 0 Å². The Labute approximate surface area is 96.8 Å². The quantitative estimate of drug-likeness (QED) is 0.844. The molecule has 0 bridgehead atoms. The fraction of sp³-hybridized carbons (Fsp3) is 0.300. The van der Waals surface area contributed by atoms with Gasteiger partial charge in [-0.05, 0) is 18.2 Å². The van der Waals surface area contributed by atoms with Crippen LogP contribution in [0.5, 0.6) is 0 Å². The normalized spacial score (nSPS) is 12.2. The lowest BCUT2D eigenvalue weighted by Gasteiger charge is -2.09. The van der Waals surface area contributed by atoms with E-state index in [2.05, 4.69) is 21.2 Å². The second kappa shape index (κ2) is 5.37. The summed E-state index contributed by atoms with van der Waals surface area (Å²) >= 11 is 8.90. The van der Waals surface area contributed by atoms with Gasteiger partial charge >= 0.3 is 0 Å². The van der Waals surface area contributed by atoms with Crippen LogP contribution in [0, 0.1) is 5.92 Å². The van der Waals surface area contributed by atoms with E-state index in [1.807, 2.05) is 24.3 Å². The molecule has 0 aromatic heterocycles. The largest absolute Gasteiger partial charge is 0.326 e. The molecule has 0 radical (unpaired) electrons. The summed E-state index contributed by atoms with van der Waals surface area (Å²) in [6.07, 6.45) is 0. The molecule has 1 aromatic rings. The van der Waals surface area contributed by atoms with E-state index in [9.17, 15) is 4.79 Å². The minimum Gasteiger partial charge on any atom is -0.326 e. The molecular formula is C10H11BrClNO. The molecule has 1 unspecified atom stereocenters. The minimum absolute atomic E-state index is 0.0573. The fourth-order valence-electron chi connectivity index (χ4n) is 0.902. The molecule has 1 N–H and O–H groups in total. The molecule has 76 valence electrons. The van der Waals surface area contributed by atoms with Crippen molar-refractivity contribution in [3.63, 3.8) is 0 Å². The Kier molecular flexibility index (Phi) is 4.42. The third-order valence-corrected chi connectivity index (χ3v) is 2.73. The standard InChI is InChI=1S/C10H11BrClNO/c1-7(6-12)10(14)13-9-4-2-3-8(11)5-9/h2-5,7H,6H2,1H3,(H,13,14). The van der Waals surface area contributed by atoms with Gasteiger partial charge in [0, 0.05) is 22.0 Å². The molecular weight excluding hydrogens is 265 g/mol. The van der Waals surface area contributed by atoms with Gasteiger partial charge in [0.1, 0.15) is 0 Å². The maximum absolute atomic E-state index is 11.4. The van der Waals surface area contributed by atoms with Crippen molar-refractivity contribution in [3.8, 4) is 0 Å². The Morgan fingerprint density at radius 1 is 1.64 bits per heavy atom. The molecule has 4 heteroatoms. The van der Waals surface area contributed by atoms with E-state index in [4.69, 9.17) is 11.6 Å². The van der Waals surface area contributed by atoms with Gasteiger partial charge in [-0.1, -0.05) is 28.9 Å². The van der Waals surface area contributed by atoms with Gasteiger partial charge in [0.2, 0.25) is 5.91 Å². The molecule has 0 heterocycles. The summed E-state index contributed by atoms with van der Waals surface area (Å²) in [6, 6.07) is 7.45. The van der Waals surface area contributed by atoms with Crippen molar-refractivity contribution in [3.05, 3.63) is 28.7 Å². The Balaban J connectivity index is 2.65. The SMILES string of the molecule is CC(CCl)C(=O)Nc1cccc(Br)c1. The van der Waals surface area contributed by atoms with Gasteiger partial charge in [-0.2, -0.15) is 0 Å². The van der Waals surface area contributed by atoms with Crippen LogP contribution in [0.25, 0.3) is 0 Å². The first-order valence-corrected chi connectivity index (χ1v) is 5.58. The Morgan fingerprint density at radius 2 is 2.36 bits per heavy atom. The molecule has 0 aliphatic rings. The number of benzene rings is 1. The summed E-state index contributed by atoms with van der Waals surface area (Å²) in [5.41, 5.74) is 0.779. The number of anilines is 1. The number of hydrogen-bond acceptors (Lipinski definition) is 1. The zero-order valence-corrected chi connectivity index (χ0v) is 10.1. The molecule has 0 fully saturated rings. The molecule has 1 aromatic carbocycles. The first-order valence-electron chi connectivity index (χ1n) is 4.26. The van der Waals surface area contributed by atoms with Gasteiger partial charge in [-0.25, -0.2) is 0 Å². The molecule has 1 atom stereocenters. The zero-order valence-electron chi connectivity index (χ0n) is 7.76. The summed E-state index contributed by atoms with van der Waals surface area (Å²) in [5, 5.41) is 2.78. The molecule has 14 heavy (non-hydrogen) atoms. The van der Waals surface area contributed by atoms with Crippen molar-refractivity contribution in [2.75, 3.05) is 11.2 Å². The van der Waals surface area contributed by atoms with E-state index >= 15 is 0 Å².